The molecule has 0 saturated heterocycles. The monoisotopic (exact) mass is 222 g/mol. The summed E-state index contributed by atoms with van der Waals surface area (Å²) < 4.78 is 0. The number of terminal acetylenes is 1. The number of carboxylic acid groups (broad SMARTS) is 1. The fourth-order valence-corrected chi connectivity index (χ4v) is 0.472. The van der Waals surface area contributed by atoms with Crippen LogP contribution in [0.3, 0.4) is 0 Å². The van der Waals surface area contributed by atoms with Crippen molar-refractivity contribution in [1.29, 1.82) is 0 Å². The van der Waals surface area contributed by atoms with Crippen LogP contribution in [0.1, 0.15) is 0 Å². The summed E-state index contributed by atoms with van der Waals surface area (Å²) in [7, 11) is 0. The number of carboxylic acids is 1. The normalized spacial score (nSPS) is 15.2. The van der Waals surface area contributed by atoms with Gasteiger partial charge >= 0.3 is 5.97 Å². The summed E-state index contributed by atoms with van der Waals surface area (Å²) in [6, 6.07) is 0. The number of aliphatic hydroxyl groups is 5. The minimum atomic E-state index is -1.49. The maximum Gasteiger partial charge on any atom is 0.381 e. The Labute approximate surface area is 86.2 Å². The van der Waals surface area contributed by atoms with Crippen LogP contribution in [0.4, 0.5) is 0 Å². The SMILES string of the molecule is C#CC(=O)O.OCC(O)C(O)C(O)CO. The molecule has 0 saturated carbocycles. The molecule has 0 aliphatic rings. The van der Waals surface area contributed by atoms with Crippen LogP contribution in [0.25, 0.3) is 0 Å². The molecule has 0 aromatic carbocycles. The van der Waals surface area contributed by atoms with E-state index in [4.69, 9.17) is 35.4 Å². The molecular weight excluding hydrogens is 208 g/mol. The van der Waals surface area contributed by atoms with E-state index in [1.165, 1.54) is 5.92 Å². The van der Waals surface area contributed by atoms with Gasteiger partial charge in [0.05, 0.1) is 13.2 Å². The zero-order chi connectivity index (χ0) is 12.4. The van der Waals surface area contributed by atoms with Gasteiger partial charge in [-0.15, -0.1) is 6.42 Å². The maximum absolute atomic E-state index is 9.13. The third-order valence-corrected chi connectivity index (χ3v) is 1.29. The van der Waals surface area contributed by atoms with Crippen molar-refractivity contribution in [3.63, 3.8) is 0 Å². The molecule has 0 aliphatic carbocycles. The van der Waals surface area contributed by atoms with Crippen LogP contribution in [0.2, 0.25) is 0 Å². The molecule has 0 rings (SSSR count). The standard InChI is InChI=1S/C5H12O5.C3H2O2/c6-1-3(8)5(10)4(9)2-7;1-2-3(4)5/h3-10H,1-2H2;1H,(H,4,5). The Morgan fingerprint density at radius 2 is 1.40 bits per heavy atom. The Hall–Kier alpha value is -1.17. The number of aliphatic hydroxyl groups excluding tert-OH is 5. The molecule has 0 amide bonds. The molecule has 0 radical (unpaired) electrons. The molecule has 0 aromatic heterocycles. The van der Waals surface area contributed by atoms with Gasteiger partial charge in [0.2, 0.25) is 0 Å². The van der Waals surface area contributed by atoms with E-state index in [-0.39, 0.29) is 0 Å². The van der Waals surface area contributed by atoms with Crippen molar-refractivity contribution in [1.82, 2.24) is 0 Å². The first-order chi connectivity index (χ1) is 6.90. The highest BCUT2D eigenvalue weighted by atomic mass is 16.4. The van der Waals surface area contributed by atoms with Crippen LogP contribution in [-0.2, 0) is 4.79 Å². The molecule has 0 bridgehead atoms. The van der Waals surface area contributed by atoms with Gasteiger partial charge in [-0.1, -0.05) is 0 Å². The van der Waals surface area contributed by atoms with E-state index in [1.54, 1.807) is 0 Å². The van der Waals surface area contributed by atoms with Gasteiger partial charge in [-0.25, -0.2) is 4.79 Å². The summed E-state index contributed by atoms with van der Waals surface area (Å²) in [5, 5.41) is 50.1. The average molecular weight is 222 g/mol. The van der Waals surface area contributed by atoms with Gasteiger partial charge in [-0.2, -0.15) is 0 Å². The molecule has 88 valence electrons. The second kappa shape index (κ2) is 9.39. The van der Waals surface area contributed by atoms with E-state index >= 15 is 0 Å². The zero-order valence-corrected chi connectivity index (χ0v) is 7.82. The van der Waals surface area contributed by atoms with Gasteiger partial charge in [0, 0.05) is 5.92 Å². The van der Waals surface area contributed by atoms with Crippen molar-refractivity contribution < 1.29 is 35.4 Å². The van der Waals surface area contributed by atoms with Crippen molar-refractivity contribution in [2.75, 3.05) is 13.2 Å². The van der Waals surface area contributed by atoms with Gasteiger partial charge in [0.15, 0.2) is 0 Å². The van der Waals surface area contributed by atoms with E-state index in [0.29, 0.717) is 0 Å². The summed E-state index contributed by atoms with van der Waals surface area (Å²) in [6.45, 7) is -1.28. The smallest absolute Gasteiger partial charge is 0.381 e. The Bertz CT molecular complexity index is 200. The fourth-order valence-electron chi connectivity index (χ4n) is 0.472. The van der Waals surface area contributed by atoms with Crippen molar-refractivity contribution in [3.8, 4) is 12.3 Å². The van der Waals surface area contributed by atoms with Crippen LogP contribution in [-0.4, -0.2) is 68.1 Å². The molecule has 6 N–H and O–H groups in total. The van der Waals surface area contributed by atoms with E-state index in [1.807, 2.05) is 0 Å². The van der Waals surface area contributed by atoms with E-state index in [9.17, 15) is 0 Å². The van der Waals surface area contributed by atoms with E-state index in [0.717, 1.165) is 0 Å². The van der Waals surface area contributed by atoms with Crippen molar-refractivity contribution in [3.05, 3.63) is 0 Å². The third-order valence-electron chi connectivity index (χ3n) is 1.29. The molecule has 15 heavy (non-hydrogen) atoms. The molecule has 0 spiro atoms. The molecular formula is C8H14O7. The number of rotatable bonds is 4. The summed E-state index contributed by atoms with van der Waals surface area (Å²) >= 11 is 0. The van der Waals surface area contributed by atoms with Gasteiger partial charge < -0.3 is 30.6 Å². The summed E-state index contributed by atoms with van der Waals surface area (Å²) in [6.07, 6.45) is 0.0294. The van der Waals surface area contributed by atoms with Crippen molar-refractivity contribution in [2.24, 2.45) is 0 Å². The Morgan fingerprint density at radius 3 is 1.53 bits per heavy atom. The highest BCUT2D eigenvalue weighted by Gasteiger charge is 2.22. The van der Waals surface area contributed by atoms with Gasteiger partial charge in [-0.3, -0.25) is 0 Å². The summed E-state index contributed by atoms with van der Waals surface area (Å²) in [5.74, 6) is 0.227. The Morgan fingerprint density at radius 1 is 1.13 bits per heavy atom. The molecule has 7 heteroatoms. The largest absolute Gasteiger partial charge is 0.472 e. The van der Waals surface area contributed by atoms with Gasteiger partial charge in [0.1, 0.15) is 18.3 Å². The zero-order valence-electron chi connectivity index (χ0n) is 7.82. The highest BCUT2D eigenvalue weighted by Crippen LogP contribution is 1.97. The molecule has 2 atom stereocenters. The predicted octanol–water partition coefficient (Wildman–Crippen LogP) is -3.24. The predicted molar refractivity (Wildman–Crippen MR) is 48.7 cm³/mol. The first-order valence-electron chi connectivity index (χ1n) is 3.86. The second-order valence-electron chi connectivity index (χ2n) is 2.44. The van der Waals surface area contributed by atoms with Gasteiger partial charge in [-0.05, 0) is 0 Å². The van der Waals surface area contributed by atoms with Crippen LogP contribution < -0.4 is 0 Å². The van der Waals surface area contributed by atoms with E-state index < -0.39 is 37.5 Å². The molecule has 0 heterocycles. The average Bonchev–Trinajstić information content (AvgIpc) is 2.26. The number of hydrogen-bond acceptors (Lipinski definition) is 6. The molecule has 0 aliphatic heterocycles. The quantitative estimate of drug-likeness (QED) is 0.275. The summed E-state index contributed by atoms with van der Waals surface area (Å²) in [5.41, 5.74) is 0. The molecule has 2 unspecified atom stereocenters. The van der Waals surface area contributed by atoms with Gasteiger partial charge in [0.25, 0.3) is 0 Å². The van der Waals surface area contributed by atoms with Crippen LogP contribution in [0.5, 0.6) is 0 Å². The third kappa shape index (κ3) is 9.14. The first kappa shape index (κ1) is 16.3. The molecule has 0 fully saturated rings. The fraction of sp³-hybridized carbons (Fsp3) is 0.625. The number of hydrogen-bond donors (Lipinski definition) is 6. The minimum Gasteiger partial charge on any atom is -0.472 e. The van der Waals surface area contributed by atoms with Crippen molar-refractivity contribution in [2.45, 2.75) is 18.3 Å². The second-order valence-corrected chi connectivity index (χ2v) is 2.44. The Balaban J connectivity index is 0. The number of carbonyl (C=O) groups is 1. The number of aliphatic carboxylic acids is 1. The topological polar surface area (TPSA) is 138 Å². The van der Waals surface area contributed by atoms with Crippen LogP contribution >= 0.6 is 0 Å². The lowest BCUT2D eigenvalue weighted by Gasteiger charge is -2.19. The molecule has 0 aromatic rings. The Kier molecular flexibility index (Phi) is 10.2. The highest BCUT2D eigenvalue weighted by molar-refractivity contribution is 5.85. The lowest BCUT2D eigenvalue weighted by atomic mass is 10.1. The summed E-state index contributed by atoms with van der Waals surface area (Å²) in [4.78, 5) is 9.13. The van der Waals surface area contributed by atoms with Crippen molar-refractivity contribution >= 4 is 5.97 Å². The minimum absolute atomic E-state index is 0.641. The molecule has 7 nitrogen and oxygen atoms in total. The van der Waals surface area contributed by atoms with Crippen LogP contribution in [0, 0.1) is 12.3 Å². The lowest BCUT2D eigenvalue weighted by molar-refractivity contribution is -0.130. The lowest BCUT2D eigenvalue weighted by Crippen LogP contribution is -2.41. The van der Waals surface area contributed by atoms with E-state index in [2.05, 4.69) is 6.42 Å². The first-order valence-corrected chi connectivity index (χ1v) is 3.86. The van der Waals surface area contributed by atoms with Crippen LogP contribution in [0.15, 0.2) is 0 Å². The maximum atomic E-state index is 9.13.